The van der Waals surface area contributed by atoms with Gasteiger partial charge in [0.2, 0.25) is 0 Å². The molecule has 1 aromatic heterocycles. The number of aromatic nitrogens is 1. The molecule has 0 unspecified atom stereocenters. The van der Waals surface area contributed by atoms with Crippen LogP contribution >= 0.6 is 15.9 Å². The second-order valence-electron chi connectivity index (χ2n) is 3.41. The van der Waals surface area contributed by atoms with Crippen LogP contribution < -0.4 is 4.74 Å². The first-order chi connectivity index (χ1) is 7.50. The van der Waals surface area contributed by atoms with Crippen LogP contribution in [0.1, 0.15) is 6.92 Å². The number of ketones is 1. The Bertz CT molecular complexity index is 416. The Balaban J connectivity index is 2.93. The molecular weight excluding hydrogens is 272 g/mol. The molecule has 0 saturated carbocycles. The number of halogens is 1. The molecular formula is C11H13BrN2O2. The summed E-state index contributed by atoms with van der Waals surface area (Å²) in [6.45, 7) is 1.46. The Labute approximate surface area is 103 Å². The van der Waals surface area contributed by atoms with Crippen molar-refractivity contribution in [2.24, 2.45) is 0 Å². The van der Waals surface area contributed by atoms with Gasteiger partial charge >= 0.3 is 0 Å². The second-order valence-corrected chi connectivity index (χ2v) is 4.16. The topological polar surface area (TPSA) is 42.4 Å². The minimum atomic E-state index is -0.135. The zero-order chi connectivity index (χ0) is 12.1. The molecule has 0 aliphatic rings. The van der Waals surface area contributed by atoms with Crippen molar-refractivity contribution in [2.45, 2.75) is 6.92 Å². The summed E-state index contributed by atoms with van der Waals surface area (Å²) in [4.78, 5) is 17.1. The van der Waals surface area contributed by atoms with Gasteiger partial charge in [0.15, 0.2) is 17.3 Å². The number of rotatable bonds is 4. The highest BCUT2D eigenvalue weighted by atomic mass is 79.9. The van der Waals surface area contributed by atoms with E-state index in [1.807, 2.05) is 14.1 Å². The molecule has 0 amide bonds. The van der Waals surface area contributed by atoms with E-state index in [4.69, 9.17) is 4.74 Å². The van der Waals surface area contributed by atoms with Crippen LogP contribution in [0.2, 0.25) is 0 Å². The van der Waals surface area contributed by atoms with Crippen LogP contribution in [0.3, 0.4) is 0 Å². The average molecular weight is 285 g/mol. The van der Waals surface area contributed by atoms with E-state index in [0.717, 1.165) is 0 Å². The summed E-state index contributed by atoms with van der Waals surface area (Å²) in [6.07, 6.45) is 3.27. The number of nitrogens with zero attached hydrogens (tertiary/aromatic N) is 2. The monoisotopic (exact) mass is 284 g/mol. The van der Waals surface area contributed by atoms with Crippen LogP contribution in [0.4, 0.5) is 0 Å². The summed E-state index contributed by atoms with van der Waals surface area (Å²) in [6, 6.07) is 3.48. The maximum atomic E-state index is 11.3. The van der Waals surface area contributed by atoms with Gasteiger partial charge in [-0.05, 0) is 28.1 Å². The van der Waals surface area contributed by atoms with Crippen LogP contribution in [0.5, 0.6) is 5.75 Å². The molecule has 1 heterocycles. The fourth-order valence-corrected chi connectivity index (χ4v) is 1.32. The highest BCUT2D eigenvalue weighted by Gasteiger charge is 2.09. The van der Waals surface area contributed by atoms with Crippen LogP contribution in [-0.2, 0) is 4.79 Å². The molecule has 4 nitrogen and oxygen atoms in total. The Morgan fingerprint density at radius 1 is 1.56 bits per heavy atom. The van der Waals surface area contributed by atoms with E-state index in [0.29, 0.717) is 10.4 Å². The number of hydrogen-bond acceptors (Lipinski definition) is 4. The Morgan fingerprint density at radius 2 is 2.25 bits per heavy atom. The second kappa shape index (κ2) is 5.65. The number of carbonyl (C=O) groups excluding carboxylic acids is 1. The Hall–Kier alpha value is -1.36. The predicted octanol–water partition coefficient (Wildman–Crippen LogP) is 2.21. The highest BCUT2D eigenvalue weighted by Crippen LogP contribution is 2.23. The number of pyridine rings is 1. The SMILES string of the molecule is CC(=O)/C(=C\N(C)C)Oc1cccnc1Br. The van der Waals surface area contributed by atoms with Crippen LogP contribution in [0.15, 0.2) is 34.9 Å². The van der Waals surface area contributed by atoms with E-state index >= 15 is 0 Å². The minimum Gasteiger partial charge on any atom is -0.449 e. The van der Waals surface area contributed by atoms with Crippen LogP contribution in [0.25, 0.3) is 0 Å². The third kappa shape index (κ3) is 3.66. The number of ether oxygens (including phenoxy) is 1. The average Bonchev–Trinajstić information content (AvgIpc) is 2.19. The Kier molecular flexibility index (Phi) is 4.49. The smallest absolute Gasteiger partial charge is 0.196 e. The molecule has 0 bridgehead atoms. The largest absolute Gasteiger partial charge is 0.449 e. The van der Waals surface area contributed by atoms with Gasteiger partial charge in [0.25, 0.3) is 0 Å². The van der Waals surface area contributed by atoms with Crippen molar-refractivity contribution in [3.8, 4) is 5.75 Å². The van der Waals surface area contributed by atoms with Gasteiger partial charge in [0.1, 0.15) is 4.60 Å². The lowest BCUT2D eigenvalue weighted by molar-refractivity contribution is -0.115. The lowest BCUT2D eigenvalue weighted by Crippen LogP contribution is -2.12. The van der Waals surface area contributed by atoms with Crippen LogP contribution in [-0.4, -0.2) is 29.8 Å². The standard InChI is InChI=1S/C11H13BrN2O2/c1-8(15)10(7-14(2)3)16-9-5-4-6-13-11(9)12/h4-7H,1-3H3/b10-7+. The molecule has 0 radical (unpaired) electrons. The van der Waals surface area contributed by atoms with E-state index in [1.165, 1.54) is 6.92 Å². The van der Waals surface area contributed by atoms with E-state index < -0.39 is 0 Å². The van der Waals surface area contributed by atoms with Crippen molar-refractivity contribution in [3.63, 3.8) is 0 Å². The van der Waals surface area contributed by atoms with Gasteiger partial charge in [-0.1, -0.05) is 0 Å². The van der Waals surface area contributed by atoms with Crippen LogP contribution in [0, 0.1) is 0 Å². The van der Waals surface area contributed by atoms with Gasteiger partial charge in [-0.2, -0.15) is 0 Å². The summed E-state index contributed by atoms with van der Waals surface area (Å²) >= 11 is 3.25. The van der Waals surface area contributed by atoms with Crippen molar-refractivity contribution in [1.82, 2.24) is 9.88 Å². The molecule has 0 aliphatic carbocycles. The Morgan fingerprint density at radius 3 is 2.75 bits per heavy atom. The lowest BCUT2D eigenvalue weighted by Gasteiger charge is -2.11. The first-order valence-electron chi connectivity index (χ1n) is 4.68. The fraction of sp³-hybridized carbons (Fsp3) is 0.273. The molecule has 0 aromatic carbocycles. The van der Waals surface area contributed by atoms with Crippen molar-refractivity contribution in [3.05, 3.63) is 34.9 Å². The van der Waals surface area contributed by atoms with Gasteiger partial charge < -0.3 is 9.64 Å². The zero-order valence-corrected chi connectivity index (χ0v) is 11.0. The highest BCUT2D eigenvalue weighted by molar-refractivity contribution is 9.10. The molecule has 0 atom stereocenters. The summed E-state index contributed by atoms with van der Waals surface area (Å²) in [5.74, 6) is 0.661. The molecule has 1 aromatic rings. The maximum absolute atomic E-state index is 11.3. The van der Waals surface area contributed by atoms with Gasteiger partial charge in [0, 0.05) is 33.4 Å². The van der Waals surface area contributed by atoms with Gasteiger partial charge in [-0.3, -0.25) is 4.79 Å². The number of Topliss-reactive ketones (excluding diaryl/α,β-unsaturated/α-hetero) is 1. The fourth-order valence-electron chi connectivity index (χ4n) is 0.990. The molecule has 0 N–H and O–H groups in total. The van der Waals surface area contributed by atoms with E-state index in [2.05, 4.69) is 20.9 Å². The number of allylic oxidation sites excluding steroid dienone is 1. The van der Waals surface area contributed by atoms with Gasteiger partial charge in [-0.15, -0.1) is 0 Å². The molecule has 5 heteroatoms. The molecule has 16 heavy (non-hydrogen) atoms. The van der Waals surface area contributed by atoms with Gasteiger partial charge in [-0.25, -0.2) is 4.98 Å². The molecule has 0 fully saturated rings. The van der Waals surface area contributed by atoms with E-state index in [-0.39, 0.29) is 11.5 Å². The molecule has 0 saturated heterocycles. The third-order valence-corrected chi connectivity index (χ3v) is 2.26. The quantitative estimate of drug-likeness (QED) is 0.483. The first-order valence-corrected chi connectivity index (χ1v) is 5.47. The molecule has 86 valence electrons. The summed E-state index contributed by atoms with van der Waals surface area (Å²) in [5, 5.41) is 0. The lowest BCUT2D eigenvalue weighted by atomic mass is 10.3. The summed E-state index contributed by atoms with van der Waals surface area (Å²) < 4.78 is 6.05. The van der Waals surface area contributed by atoms with Crippen molar-refractivity contribution >= 4 is 21.7 Å². The van der Waals surface area contributed by atoms with E-state index in [1.54, 1.807) is 29.4 Å². The van der Waals surface area contributed by atoms with Crippen molar-refractivity contribution < 1.29 is 9.53 Å². The molecule has 1 rings (SSSR count). The number of carbonyl (C=O) groups is 1. The first kappa shape index (κ1) is 12.7. The van der Waals surface area contributed by atoms with Crippen molar-refractivity contribution in [2.75, 3.05) is 14.1 Å². The van der Waals surface area contributed by atoms with Gasteiger partial charge in [0.05, 0.1) is 0 Å². The van der Waals surface area contributed by atoms with Crippen molar-refractivity contribution in [1.29, 1.82) is 0 Å². The number of hydrogen-bond donors (Lipinski definition) is 0. The third-order valence-electron chi connectivity index (χ3n) is 1.67. The van der Waals surface area contributed by atoms with E-state index in [9.17, 15) is 4.79 Å². The normalized spacial score (nSPS) is 11.1. The predicted molar refractivity (Wildman–Crippen MR) is 65.0 cm³/mol. The molecule has 0 spiro atoms. The molecule has 0 aliphatic heterocycles. The maximum Gasteiger partial charge on any atom is 0.196 e. The summed E-state index contributed by atoms with van der Waals surface area (Å²) in [5.41, 5.74) is 0. The zero-order valence-electron chi connectivity index (χ0n) is 9.40. The minimum absolute atomic E-state index is 0.135. The summed E-state index contributed by atoms with van der Waals surface area (Å²) in [7, 11) is 3.65.